The molecule has 0 aromatic heterocycles. The molecule has 0 unspecified atom stereocenters. The Hall–Kier alpha value is -1.78. The molecule has 1 aromatic rings. The lowest BCUT2D eigenvalue weighted by Crippen LogP contribution is -2.12. The van der Waals surface area contributed by atoms with Gasteiger partial charge in [0.1, 0.15) is 0 Å². The van der Waals surface area contributed by atoms with Gasteiger partial charge in [-0.25, -0.2) is 0 Å². The molecule has 86 valence electrons. The van der Waals surface area contributed by atoms with Gasteiger partial charge in [-0.3, -0.25) is 4.79 Å². The highest BCUT2D eigenvalue weighted by Crippen LogP contribution is 2.32. The van der Waals surface area contributed by atoms with Gasteiger partial charge in [0.25, 0.3) is 0 Å². The molecule has 1 amide bonds. The topological polar surface area (TPSA) is 43.1 Å². The first-order valence-corrected chi connectivity index (χ1v) is 4.46. The number of carbonyl (C=O) groups excluding carboxylic acids is 1. The molecule has 2 N–H and O–H groups in total. The summed E-state index contributed by atoms with van der Waals surface area (Å²) >= 11 is 0. The van der Waals surface area contributed by atoms with Gasteiger partial charge in [0, 0.05) is 5.57 Å². The number of rotatable bonds is 2. The number of halogens is 3. The first kappa shape index (κ1) is 12.3. The Morgan fingerprint density at radius 2 is 1.88 bits per heavy atom. The molecule has 0 fully saturated rings. The van der Waals surface area contributed by atoms with Gasteiger partial charge in [0.15, 0.2) is 0 Å². The molecule has 0 aliphatic heterocycles. The number of amides is 1. The van der Waals surface area contributed by atoms with Crippen LogP contribution in [0.5, 0.6) is 0 Å². The Morgan fingerprint density at radius 1 is 1.31 bits per heavy atom. The molecule has 0 aliphatic rings. The Bertz CT molecular complexity index is 435. The Kier molecular flexibility index (Phi) is 3.37. The van der Waals surface area contributed by atoms with E-state index in [4.69, 9.17) is 5.73 Å². The fourth-order valence-electron chi connectivity index (χ4n) is 1.19. The number of alkyl halides is 3. The molecular formula is C11H10F3NO. The molecule has 0 aliphatic carbocycles. The summed E-state index contributed by atoms with van der Waals surface area (Å²) < 4.78 is 37.7. The summed E-state index contributed by atoms with van der Waals surface area (Å²) in [5.41, 5.74) is 4.19. The molecule has 0 saturated carbocycles. The molecule has 2 nitrogen and oxygen atoms in total. The quantitative estimate of drug-likeness (QED) is 0.778. The summed E-state index contributed by atoms with van der Waals surface area (Å²) in [5.74, 6) is -0.739. The van der Waals surface area contributed by atoms with Crippen molar-refractivity contribution in [2.24, 2.45) is 5.73 Å². The van der Waals surface area contributed by atoms with Gasteiger partial charge < -0.3 is 5.73 Å². The molecule has 0 atom stereocenters. The third-order valence-electron chi connectivity index (χ3n) is 2.03. The minimum absolute atomic E-state index is 0.0636. The molecule has 1 rings (SSSR count). The second-order valence-electron chi connectivity index (χ2n) is 3.28. The van der Waals surface area contributed by atoms with Gasteiger partial charge in [-0.15, -0.1) is 0 Å². The minimum Gasteiger partial charge on any atom is -0.366 e. The first-order chi connectivity index (χ1) is 7.32. The molecule has 0 radical (unpaired) electrons. The summed E-state index contributed by atoms with van der Waals surface area (Å²) in [5, 5.41) is 0. The Morgan fingerprint density at radius 3 is 2.38 bits per heavy atom. The van der Waals surface area contributed by atoms with Gasteiger partial charge in [-0.1, -0.05) is 18.2 Å². The van der Waals surface area contributed by atoms with E-state index in [1.165, 1.54) is 25.1 Å². The number of carbonyl (C=O) groups is 1. The van der Waals surface area contributed by atoms with Crippen LogP contribution in [-0.4, -0.2) is 5.91 Å². The van der Waals surface area contributed by atoms with Gasteiger partial charge >= 0.3 is 6.18 Å². The molecule has 0 heterocycles. The number of nitrogens with two attached hydrogens (primary N) is 1. The standard InChI is InChI=1S/C11H10F3NO/c1-7(10(15)16)6-8-4-2-3-5-9(8)11(12,13)14/h2-6H,1H3,(H2,15,16). The minimum atomic E-state index is -4.44. The van der Waals surface area contributed by atoms with Crippen molar-refractivity contribution in [1.82, 2.24) is 0 Å². The van der Waals surface area contributed by atoms with E-state index in [1.807, 2.05) is 0 Å². The van der Waals surface area contributed by atoms with Gasteiger partial charge in [-0.2, -0.15) is 13.2 Å². The van der Waals surface area contributed by atoms with Crippen molar-refractivity contribution < 1.29 is 18.0 Å². The highest BCUT2D eigenvalue weighted by molar-refractivity contribution is 5.96. The normalized spacial score (nSPS) is 12.6. The largest absolute Gasteiger partial charge is 0.416 e. The van der Waals surface area contributed by atoms with E-state index in [-0.39, 0.29) is 11.1 Å². The third kappa shape index (κ3) is 2.85. The highest BCUT2D eigenvalue weighted by atomic mass is 19.4. The van der Waals surface area contributed by atoms with Crippen molar-refractivity contribution in [2.45, 2.75) is 13.1 Å². The van der Waals surface area contributed by atoms with Crippen molar-refractivity contribution >= 4 is 12.0 Å². The van der Waals surface area contributed by atoms with Gasteiger partial charge in [0.2, 0.25) is 5.91 Å². The van der Waals surface area contributed by atoms with Crippen LogP contribution in [0.25, 0.3) is 6.08 Å². The first-order valence-electron chi connectivity index (χ1n) is 4.46. The van der Waals surface area contributed by atoms with Crippen LogP contribution in [0.15, 0.2) is 29.8 Å². The summed E-state index contributed by atoms with van der Waals surface area (Å²) in [7, 11) is 0. The molecule has 1 aromatic carbocycles. The zero-order valence-corrected chi connectivity index (χ0v) is 8.51. The molecule has 0 spiro atoms. The summed E-state index contributed by atoms with van der Waals surface area (Å²) in [6.45, 7) is 1.37. The van der Waals surface area contributed by atoms with Crippen molar-refractivity contribution in [3.05, 3.63) is 41.0 Å². The maximum absolute atomic E-state index is 12.6. The van der Waals surface area contributed by atoms with E-state index < -0.39 is 17.6 Å². The average Bonchev–Trinajstić information content (AvgIpc) is 2.16. The Balaban J connectivity index is 3.25. The lowest BCUT2D eigenvalue weighted by molar-refractivity contribution is -0.137. The fourth-order valence-corrected chi connectivity index (χ4v) is 1.19. The van der Waals surface area contributed by atoms with Crippen molar-refractivity contribution in [2.75, 3.05) is 0 Å². The van der Waals surface area contributed by atoms with E-state index in [0.29, 0.717) is 0 Å². The van der Waals surface area contributed by atoms with Crippen LogP contribution in [0.1, 0.15) is 18.1 Å². The zero-order valence-electron chi connectivity index (χ0n) is 8.51. The monoisotopic (exact) mass is 229 g/mol. The van der Waals surface area contributed by atoms with Crippen LogP contribution in [0.4, 0.5) is 13.2 Å². The van der Waals surface area contributed by atoms with Crippen molar-refractivity contribution in [3.63, 3.8) is 0 Å². The van der Waals surface area contributed by atoms with E-state index >= 15 is 0 Å². The van der Waals surface area contributed by atoms with Crippen molar-refractivity contribution in [3.8, 4) is 0 Å². The predicted molar refractivity (Wildman–Crippen MR) is 54.3 cm³/mol. The number of hydrogen-bond donors (Lipinski definition) is 1. The molecule has 16 heavy (non-hydrogen) atoms. The number of hydrogen-bond acceptors (Lipinski definition) is 1. The van der Waals surface area contributed by atoms with Crippen molar-refractivity contribution in [1.29, 1.82) is 0 Å². The van der Waals surface area contributed by atoms with Crippen LogP contribution in [-0.2, 0) is 11.0 Å². The number of primary amides is 1. The van der Waals surface area contributed by atoms with Crippen LogP contribution < -0.4 is 5.73 Å². The second kappa shape index (κ2) is 4.38. The fraction of sp³-hybridized carbons (Fsp3) is 0.182. The molecule has 0 saturated heterocycles. The van der Waals surface area contributed by atoms with E-state index in [1.54, 1.807) is 0 Å². The molecule has 0 bridgehead atoms. The smallest absolute Gasteiger partial charge is 0.366 e. The summed E-state index contributed by atoms with van der Waals surface area (Å²) in [6.07, 6.45) is -3.31. The van der Waals surface area contributed by atoms with Crippen LogP contribution in [0, 0.1) is 0 Å². The molecule has 5 heteroatoms. The summed E-state index contributed by atoms with van der Waals surface area (Å²) in [6, 6.07) is 5.00. The van der Waals surface area contributed by atoms with E-state index in [9.17, 15) is 18.0 Å². The van der Waals surface area contributed by atoms with Crippen LogP contribution >= 0.6 is 0 Å². The SMILES string of the molecule is CC(=Cc1ccccc1C(F)(F)F)C(N)=O. The van der Waals surface area contributed by atoms with Gasteiger partial charge in [0.05, 0.1) is 5.56 Å². The number of benzene rings is 1. The average molecular weight is 229 g/mol. The zero-order chi connectivity index (χ0) is 12.3. The maximum atomic E-state index is 12.6. The van der Waals surface area contributed by atoms with Gasteiger partial charge in [-0.05, 0) is 24.6 Å². The predicted octanol–water partition coefficient (Wildman–Crippen LogP) is 2.59. The van der Waals surface area contributed by atoms with E-state index in [0.717, 1.165) is 12.1 Å². The lowest BCUT2D eigenvalue weighted by Gasteiger charge is -2.10. The molecular weight excluding hydrogens is 219 g/mol. The van der Waals surface area contributed by atoms with Crippen LogP contribution in [0.3, 0.4) is 0 Å². The Labute approximate surface area is 90.6 Å². The summed E-state index contributed by atoms with van der Waals surface area (Å²) in [4.78, 5) is 10.7. The maximum Gasteiger partial charge on any atom is 0.416 e. The third-order valence-corrected chi connectivity index (χ3v) is 2.03. The second-order valence-corrected chi connectivity index (χ2v) is 3.28. The highest BCUT2D eigenvalue weighted by Gasteiger charge is 2.32. The van der Waals surface area contributed by atoms with E-state index in [2.05, 4.69) is 0 Å². The van der Waals surface area contributed by atoms with Crippen LogP contribution in [0.2, 0.25) is 0 Å². The lowest BCUT2D eigenvalue weighted by atomic mass is 10.0.